The van der Waals surface area contributed by atoms with Crippen LogP contribution in [-0.2, 0) is 9.59 Å². The second-order valence-electron chi connectivity index (χ2n) is 5.08. The maximum Gasteiger partial charge on any atom is 0.328 e. The first kappa shape index (κ1) is 15.3. The van der Waals surface area contributed by atoms with Crippen LogP contribution in [0.4, 0.5) is 4.79 Å². The zero-order chi connectivity index (χ0) is 17.3. The number of carbonyl (C=O) groups is 3. The number of phenols is 2. The highest BCUT2D eigenvalue weighted by Gasteiger charge is 2.32. The van der Waals surface area contributed by atoms with Gasteiger partial charge in [0, 0.05) is 5.57 Å². The monoisotopic (exact) mass is 324 g/mol. The van der Waals surface area contributed by atoms with Crippen molar-refractivity contribution in [1.29, 1.82) is 0 Å². The number of rotatable bonds is 2. The lowest BCUT2D eigenvalue weighted by Gasteiger charge is -2.19. The van der Waals surface area contributed by atoms with Gasteiger partial charge in [-0.3, -0.25) is 20.2 Å². The van der Waals surface area contributed by atoms with E-state index in [9.17, 15) is 24.6 Å². The van der Waals surface area contributed by atoms with E-state index in [0.717, 1.165) is 0 Å². The number of carbonyl (C=O) groups excluding carboxylic acids is 3. The van der Waals surface area contributed by atoms with Gasteiger partial charge in [-0.05, 0) is 35.4 Å². The van der Waals surface area contributed by atoms with Crippen LogP contribution in [0.2, 0.25) is 0 Å². The molecule has 0 aromatic heterocycles. The second kappa shape index (κ2) is 5.88. The van der Waals surface area contributed by atoms with Crippen LogP contribution in [-0.4, -0.2) is 28.1 Å². The van der Waals surface area contributed by atoms with Crippen LogP contribution in [0, 0.1) is 0 Å². The van der Waals surface area contributed by atoms with Crippen LogP contribution in [0.3, 0.4) is 0 Å². The molecule has 2 aromatic rings. The minimum atomic E-state index is -0.885. The Morgan fingerprint density at radius 1 is 0.667 bits per heavy atom. The molecule has 2 aromatic carbocycles. The maximum atomic E-state index is 12.2. The van der Waals surface area contributed by atoms with Gasteiger partial charge in [0.15, 0.2) is 0 Å². The highest BCUT2D eigenvalue weighted by atomic mass is 16.3. The Labute approximate surface area is 136 Å². The Hall–Kier alpha value is -3.61. The molecule has 1 fully saturated rings. The van der Waals surface area contributed by atoms with Crippen LogP contribution in [0.15, 0.2) is 54.1 Å². The molecule has 7 nitrogen and oxygen atoms in total. The van der Waals surface area contributed by atoms with Gasteiger partial charge in [0.25, 0.3) is 11.8 Å². The summed E-state index contributed by atoms with van der Waals surface area (Å²) in [5, 5.41) is 23.0. The third kappa shape index (κ3) is 2.82. The molecule has 0 spiro atoms. The number of benzene rings is 2. The van der Waals surface area contributed by atoms with Crippen molar-refractivity contribution in [2.75, 3.05) is 0 Å². The Balaban J connectivity index is 2.25. The van der Waals surface area contributed by atoms with E-state index in [2.05, 4.69) is 0 Å². The lowest BCUT2D eigenvalue weighted by Crippen LogP contribution is -2.51. The van der Waals surface area contributed by atoms with Gasteiger partial charge in [0.05, 0.1) is 0 Å². The molecule has 0 aliphatic carbocycles. The van der Waals surface area contributed by atoms with E-state index in [1.165, 1.54) is 24.3 Å². The molecule has 1 saturated heterocycles. The van der Waals surface area contributed by atoms with Crippen LogP contribution < -0.4 is 10.6 Å². The number of hydrogen-bond donors (Lipinski definition) is 4. The van der Waals surface area contributed by atoms with Crippen molar-refractivity contribution in [1.82, 2.24) is 10.6 Å². The lowest BCUT2D eigenvalue weighted by molar-refractivity contribution is -0.123. The fourth-order valence-corrected chi connectivity index (χ4v) is 2.40. The van der Waals surface area contributed by atoms with Gasteiger partial charge in [0.1, 0.15) is 17.1 Å². The molecule has 0 atom stereocenters. The summed E-state index contributed by atoms with van der Waals surface area (Å²) < 4.78 is 0. The van der Waals surface area contributed by atoms with Crippen molar-refractivity contribution in [3.05, 3.63) is 65.2 Å². The molecule has 0 radical (unpaired) electrons. The summed E-state index contributed by atoms with van der Waals surface area (Å²) in [6.07, 6.45) is 0. The Kier molecular flexibility index (Phi) is 3.75. The van der Waals surface area contributed by atoms with E-state index < -0.39 is 17.8 Å². The summed E-state index contributed by atoms with van der Waals surface area (Å²) in [5.74, 6) is -1.58. The van der Waals surface area contributed by atoms with Crippen LogP contribution in [0.1, 0.15) is 11.1 Å². The average molecular weight is 324 g/mol. The first-order valence-corrected chi connectivity index (χ1v) is 6.95. The summed E-state index contributed by atoms with van der Waals surface area (Å²) in [7, 11) is 0. The van der Waals surface area contributed by atoms with Gasteiger partial charge in [-0.2, -0.15) is 0 Å². The van der Waals surface area contributed by atoms with Crippen molar-refractivity contribution in [2.45, 2.75) is 0 Å². The summed E-state index contributed by atoms with van der Waals surface area (Å²) in [5.41, 5.74) is 1.03. The predicted octanol–water partition coefficient (Wildman–Crippen LogP) is 1.27. The molecule has 0 unspecified atom stereocenters. The van der Waals surface area contributed by atoms with E-state index in [4.69, 9.17) is 0 Å². The highest BCUT2D eigenvalue weighted by Crippen LogP contribution is 2.30. The first-order chi connectivity index (χ1) is 11.5. The van der Waals surface area contributed by atoms with Gasteiger partial charge in [0.2, 0.25) is 0 Å². The van der Waals surface area contributed by atoms with E-state index >= 15 is 0 Å². The fraction of sp³-hybridized carbons (Fsp3) is 0. The number of nitrogens with one attached hydrogen (secondary N) is 2. The van der Waals surface area contributed by atoms with Gasteiger partial charge in [-0.1, -0.05) is 24.3 Å². The zero-order valence-electron chi connectivity index (χ0n) is 12.2. The summed E-state index contributed by atoms with van der Waals surface area (Å²) >= 11 is 0. The van der Waals surface area contributed by atoms with E-state index in [1.54, 1.807) is 24.3 Å². The molecule has 1 heterocycles. The number of amides is 4. The zero-order valence-corrected chi connectivity index (χ0v) is 12.2. The largest absolute Gasteiger partial charge is 0.508 e. The summed E-state index contributed by atoms with van der Waals surface area (Å²) in [6, 6.07) is 11.0. The van der Waals surface area contributed by atoms with Gasteiger partial charge in [-0.25, -0.2) is 4.79 Å². The summed E-state index contributed by atoms with van der Waals surface area (Å²) in [4.78, 5) is 35.6. The molecular formula is C17H12N2O5. The molecule has 0 saturated carbocycles. The quantitative estimate of drug-likeness (QED) is 0.490. The highest BCUT2D eigenvalue weighted by molar-refractivity contribution is 6.33. The SMILES string of the molecule is O=C1NC(=O)C(=C(c2ccc(O)cc2)c2ccc(O)cc2)C(=O)N1. The third-order valence-corrected chi connectivity index (χ3v) is 3.47. The van der Waals surface area contributed by atoms with E-state index in [1.807, 2.05) is 10.6 Å². The van der Waals surface area contributed by atoms with Crippen molar-refractivity contribution in [3.63, 3.8) is 0 Å². The number of urea groups is 1. The minimum Gasteiger partial charge on any atom is -0.508 e. The Morgan fingerprint density at radius 3 is 1.42 bits per heavy atom. The predicted molar refractivity (Wildman–Crippen MR) is 83.9 cm³/mol. The Morgan fingerprint density at radius 2 is 1.04 bits per heavy atom. The van der Waals surface area contributed by atoms with Gasteiger partial charge in [-0.15, -0.1) is 0 Å². The first-order valence-electron chi connectivity index (χ1n) is 6.95. The van der Waals surface area contributed by atoms with Crippen molar-refractivity contribution >= 4 is 23.4 Å². The van der Waals surface area contributed by atoms with Crippen LogP contribution in [0.5, 0.6) is 11.5 Å². The maximum absolute atomic E-state index is 12.2. The molecule has 1 aliphatic rings. The smallest absolute Gasteiger partial charge is 0.328 e. The number of phenolic OH excluding ortho intramolecular Hbond substituents is 2. The van der Waals surface area contributed by atoms with Crippen LogP contribution in [0.25, 0.3) is 5.57 Å². The fourth-order valence-electron chi connectivity index (χ4n) is 2.40. The molecule has 3 rings (SSSR count). The standard InChI is InChI=1S/C17H12N2O5/c20-11-5-1-9(2-6-11)13(10-3-7-12(21)8-4-10)14-15(22)18-17(24)19-16(14)23/h1-8,20-21H,(H2,18,19,22,23,24). The van der Waals surface area contributed by atoms with Crippen molar-refractivity contribution < 1.29 is 24.6 Å². The molecule has 0 bridgehead atoms. The van der Waals surface area contributed by atoms with Gasteiger partial charge < -0.3 is 10.2 Å². The molecule has 4 amide bonds. The Bertz CT molecular complexity index is 797. The molecular weight excluding hydrogens is 312 g/mol. The lowest BCUT2D eigenvalue weighted by atomic mass is 9.91. The van der Waals surface area contributed by atoms with E-state index in [0.29, 0.717) is 11.1 Å². The molecule has 1 aliphatic heterocycles. The normalized spacial score (nSPS) is 14.2. The number of barbiturate groups is 1. The topological polar surface area (TPSA) is 116 Å². The minimum absolute atomic E-state index is 0.0292. The number of hydrogen-bond acceptors (Lipinski definition) is 5. The van der Waals surface area contributed by atoms with E-state index in [-0.39, 0.29) is 22.6 Å². The number of imide groups is 2. The molecule has 7 heteroatoms. The second-order valence-corrected chi connectivity index (χ2v) is 5.08. The third-order valence-electron chi connectivity index (χ3n) is 3.47. The summed E-state index contributed by atoms with van der Waals surface area (Å²) in [6.45, 7) is 0. The van der Waals surface area contributed by atoms with Crippen molar-refractivity contribution in [2.24, 2.45) is 0 Å². The number of aromatic hydroxyl groups is 2. The molecule has 120 valence electrons. The van der Waals surface area contributed by atoms with Crippen LogP contribution >= 0.6 is 0 Å². The van der Waals surface area contributed by atoms with Gasteiger partial charge >= 0.3 is 6.03 Å². The molecule has 4 N–H and O–H groups in total. The molecule has 24 heavy (non-hydrogen) atoms. The average Bonchev–Trinajstić information content (AvgIpc) is 2.53. The van der Waals surface area contributed by atoms with Crippen molar-refractivity contribution in [3.8, 4) is 11.5 Å².